The van der Waals surface area contributed by atoms with Crippen LogP contribution in [-0.2, 0) is 0 Å². The van der Waals surface area contributed by atoms with E-state index in [4.69, 9.17) is 11.6 Å². The third-order valence-corrected chi connectivity index (χ3v) is 4.87. The number of hydrogen-bond acceptors (Lipinski definition) is 4. The molecule has 2 heterocycles. The molecular formula is C19H21ClN4O2. The van der Waals surface area contributed by atoms with Crippen LogP contribution in [-0.4, -0.2) is 59.8 Å². The predicted octanol–water partition coefficient (Wildman–Crippen LogP) is 2.68. The molecule has 0 unspecified atom stereocenters. The summed E-state index contributed by atoms with van der Waals surface area (Å²) in [7, 11) is 2.04. The molecule has 0 bridgehead atoms. The normalized spacial score (nSPS) is 15.0. The Morgan fingerprint density at radius 2 is 1.85 bits per heavy atom. The Kier molecular flexibility index (Phi) is 5.54. The highest BCUT2D eigenvalue weighted by atomic mass is 35.5. The van der Waals surface area contributed by atoms with Gasteiger partial charge in [-0.05, 0) is 43.8 Å². The molecule has 3 rings (SSSR count). The molecule has 136 valence electrons. The summed E-state index contributed by atoms with van der Waals surface area (Å²) in [6.45, 7) is 4.95. The number of aryl methyl sites for hydroxylation is 1. The number of aromatic nitrogens is 1. The molecule has 1 saturated heterocycles. The van der Waals surface area contributed by atoms with E-state index < -0.39 is 0 Å². The van der Waals surface area contributed by atoms with E-state index in [-0.39, 0.29) is 17.5 Å². The highest BCUT2D eigenvalue weighted by molar-refractivity contribution is 6.31. The third-order valence-electron chi connectivity index (χ3n) is 4.46. The van der Waals surface area contributed by atoms with Crippen molar-refractivity contribution in [2.24, 2.45) is 0 Å². The largest absolute Gasteiger partial charge is 0.336 e. The number of nitrogens with one attached hydrogen (secondary N) is 1. The van der Waals surface area contributed by atoms with Crippen molar-refractivity contribution >= 4 is 29.1 Å². The molecule has 1 N–H and O–H groups in total. The molecule has 0 saturated carbocycles. The van der Waals surface area contributed by atoms with Gasteiger partial charge in [0.15, 0.2) is 0 Å². The van der Waals surface area contributed by atoms with Crippen LogP contribution in [0.4, 0.5) is 5.69 Å². The second-order valence-corrected chi connectivity index (χ2v) is 6.85. The Bertz CT molecular complexity index is 832. The minimum atomic E-state index is -0.377. The average Bonchev–Trinajstić information content (AvgIpc) is 2.65. The third kappa shape index (κ3) is 4.20. The van der Waals surface area contributed by atoms with Gasteiger partial charge in [-0.3, -0.25) is 14.6 Å². The van der Waals surface area contributed by atoms with Gasteiger partial charge in [0.1, 0.15) is 5.69 Å². The van der Waals surface area contributed by atoms with Gasteiger partial charge in [0, 0.05) is 48.6 Å². The average molecular weight is 373 g/mol. The number of piperazine rings is 1. The molecule has 1 aromatic carbocycles. The summed E-state index contributed by atoms with van der Waals surface area (Å²) in [6.07, 6.45) is 1.49. The number of halogens is 1. The zero-order valence-corrected chi connectivity index (χ0v) is 15.6. The second-order valence-electron chi connectivity index (χ2n) is 6.44. The maximum absolute atomic E-state index is 12.7. The second kappa shape index (κ2) is 7.85. The Morgan fingerprint density at radius 1 is 1.12 bits per heavy atom. The van der Waals surface area contributed by atoms with Crippen molar-refractivity contribution in [2.75, 3.05) is 38.5 Å². The van der Waals surface area contributed by atoms with E-state index in [1.165, 1.54) is 12.3 Å². The molecule has 0 aliphatic carbocycles. The highest BCUT2D eigenvalue weighted by Crippen LogP contribution is 2.20. The maximum atomic E-state index is 12.7. The summed E-state index contributed by atoms with van der Waals surface area (Å²) in [5, 5.41) is 3.34. The first kappa shape index (κ1) is 18.4. The molecule has 0 atom stereocenters. The Hall–Kier alpha value is -2.44. The maximum Gasteiger partial charge on any atom is 0.274 e. The number of carbonyl (C=O) groups is 2. The van der Waals surface area contributed by atoms with Crippen molar-refractivity contribution in [2.45, 2.75) is 6.92 Å². The van der Waals surface area contributed by atoms with E-state index in [0.717, 1.165) is 18.7 Å². The quantitative estimate of drug-likeness (QED) is 0.899. The molecule has 6 nitrogen and oxygen atoms in total. The van der Waals surface area contributed by atoms with Crippen LogP contribution in [0.2, 0.25) is 5.02 Å². The fraction of sp³-hybridized carbons (Fsp3) is 0.316. The SMILES string of the molecule is Cc1ccc(NC(=O)c2cc(C(=O)N3CCN(C)CC3)ccn2)cc1Cl. The van der Waals surface area contributed by atoms with E-state index in [1.807, 2.05) is 20.0 Å². The number of amides is 2. The number of hydrogen-bond donors (Lipinski definition) is 1. The van der Waals surface area contributed by atoms with Gasteiger partial charge in [-0.2, -0.15) is 0 Å². The number of rotatable bonds is 3. The first-order valence-electron chi connectivity index (χ1n) is 8.45. The smallest absolute Gasteiger partial charge is 0.274 e. The van der Waals surface area contributed by atoms with Crippen LogP contribution in [0.15, 0.2) is 36.5 Å². The zero-order chi connectivity index (χ0) is 18.7. The molecule has 2 aromatic rings. The number of carbonyl (C=O) groups excluding carboxylic acids is 2. The van der Waals surface area contributed by atoms with E-state index in [0.29, 0.717) is 29.4 Å². The molecule has 7 heteroatoms. The van der Waals surface area contributed by atoms with Crippen LogP contribution < -0.4 is 5.32 Å². The molecule has 1 aromatic heterocycles. The lowest BCUT2D eigenvalue weighted by atomic mass is 10.1. The zero-order valence-electron chi connectivity index (χ0n) is 14.8. The van der Waals surface area contributed by atoms with Gasteiger partial charge in [-0.15, -0.1) is 0 Å². The van der Waals surface area contributed by atoms with Crippen LogP contribution in [0.3, 0.4) is 0 Å². The van der Waals surface area contributed by atoms with Gasteiger partial charge in [0.05, 0.1) is 0 Å². The van der Waals surface area contributed by atoms with Crippen LogP contribution in [0.25, 0.3) is 0 Å². The fourth-order valence-electron chi connectivity index (χ4n) is 2.75. The van der Waals surface area contributed by atoms with Crippen LogP contribution in [0, 0.1) is 6.92 Å². The van der Waals surface area contributed by atoms with E-state index in [2.05, 4.69) is 15.2 Å². The Labute approximate surface area is 157 Å². The molecule has 1 aliphatic rings. The number of pyridine rings is 1. The lowest BCUT2D eigenvalue weighted by molar-refractivity contribution is 0.0664. The van der Waals surface area contributed by atoms with Gasteiger partial charge in [-0.25, -0.2) is 0 Å². The molecular weight excluding hydrogens is 352 g/mol. The predicted molar refractivity (Wildman–Crippen MR) is 102 cm³/mol. The molecule has 1 aliphatic heterocycles. The van der Waals surface area contributed by atoms with Gasteiger partial charge in [0.25, 0.3) is 11.8 Å². The van der Waals surface area contributed by atoms with Gasteiger partial charge >= 0.3 is 0 Å². The summed E-state index contributed by atoms with van der Waals surface area (Å²) in [4.78, 5) is 33.2. The van der Waals surface area contributed by atoms with E-state index in [9.17, 15) is 9.59 Å². The van der Waals surface area contributed by atoms with Crippen molar-refractivity contribution in [3.63, 3.8) is 0 Å². The Balaban J connectivity index is 1.72. The molecule has 0 spiro atoms. The lowest BCUT2D eigenvalue weighted by Gasteiger charge is -2.32. The summed E-state index contributed by atoms with van der Waals surface area (Å²) in [5.74, 6) is -0.453. The van der Waals surface area contributed by atoms with E-state index >= 15 is 0 Å². The number of benzene rings is 1. The molecule has 26 heavy (non-hydrogen) atoms. The molecule has 0 radical (unpaired) electrons. The van der Waals surface area contributed by atoms with Crippen molar-refractivity contribution in [3.05, 3.63) is 58.4 Å². The number of nitrogens with zero attached hydrogens (tertiary/aromatic N) is 3. The minimum absolute atomic E-state index is 0.0760. The summed E-state index contributed by atoms with van der Waals surface area (Å²) >= 11 is 6.09. The fourth-order valence-corrected chi connectivity index (χ4v) is 2.93. The van der Waals surface area contributed by atoms with Gasteiger partial charge in [0.2, 0.25) is 0 Å². The van der Waals surface area contributed by atoms with Crippen molar-refractivity contribution in [3.8, 4) is 0 Å². The van der Waals surface area contributed by atoms with Crippen molar-refractivity contribution < 1.29 is 9.59 Å². The monoisotopic (exact) mass is 372 g/mol. The first-order valence-corrected chi connectivity index (χ1v) is 8.83. The first-order chi connectivity index (χ1) is 12.4. The summed E-state index contributed by atoms with van der Waals surface area (Å²) in [5.41, 5.74) is 2.18. The molecule has 2 amide bonds. The van der Waals surface area contributed by atoms with Crippen LogP contribution >= 0.6 is 11.6 Å². The van der Waals surface area contributed by atoms with Crippen molar-refractivity contribution in [1.82, 2.24) is 14.8 Å². The van der Waals surface area contributed by atoms with Crippen LogP contribution in [0.1, 0.15) is 26.4 Å². The van der Waals surface area contributed by atoms with Crippen molar-refractivity contribution in [1.29, 1.82) is 0 Å². The number of likely N-dealkylation sites (N-methyl/N-ethyl adjacent to an activating group) is 1. The van der Waals surface area contributed by atoms with Crippen LogP contribution in [0.5, 0.6) is 0 Å². The van der Waals surface area contributed by atoms with Gasteiger partial charge in [-0.1, -0.05) is 17.7 Å². The number of anilines is 1. The highest BCUT2D eigenvalue weighted by Gasteiger charge is 2.21. The standard InChI is InChI=1S/C19H21ClN4O2/c1-13-3-4-15(12-16(13)20)22-18(25)17-11-14(5-6-21-17)19(26)24-9-7-23(2)8-10-24/h3-6,11-12H,7-10H2,1-2H3,(H,22,25). The topological polar surface area (TPSA) is 65.5 Å². The summed E-state index contributed by atoms with van der Waals surface area (Å²) in [6, 6.07) is 8.47. The minimum Gasteiger partial charge on any atom is -0.336 e. The summed E-state index contributed by atoms with van der Waals surface area (Å²) < 4.78 is 0. The van der Waals surface area contributed by atoms with E-state index in [1.54, 1.807) is 23.1 Å². The Morgan fingerprint density at radius 3 is 2.54 bits per heavy atom. The molecule has 1 fully saturated rings. The van der Waals surface area contributed by atoms with Gasteiger partial charge < -0.3 is 15.1 Å². The lowest BCUT2D eigenvalue weighted by Crippen LogP contribution is -2.47.